The van der Waals surface area contributed by atoms with Gasteiger partial charge >= 0.3 is 5.97 Å². The van der Waals surface area contributed by atoms with Gasteiger partial charge in [0, 0.05) is 6.54 Å². The van der Waals surface area contributed by atoms with Crippen molar-refractivity contribution in [2.75, 3.05) is 13.2 Å². The second kappa shape index (κ2) is 8.13. The molecule has 2 aromatic carbocycles. The molecule has 0 atom stereocenters. The number of aryl methyl sites for hydroxylation is 2. The molecule has 0 bridgehead atoms. The van der Waals surface area contributed by atoms with Crippen molar-refractivity contribution in [2.45, 2.75) is 20.3 Å². The van der Waals surface area contributed by atoms with Gasteiger partial charge in [-0.15, -0.1) is 0 Å². The minimum absolute atomic E-state index is 0.263. The molecule has 0 aromatic heterocycles. The molecule has 1 N–H and O–H groups in total. The summed E-state index contributed by atoms with van der Waals surface area (Å²) in [5.41, 5.74) is 3.47. The maximum Gasteiger partial charge on any atom is 0.338 e. The van der Waals surface area contributed by atoms with Crippen molar-refractivity contribution >= 4 is 11.9 Å². The molecule has 1 amide bonds. The monoisotopic (exact) mass is 311 g/mol. The van der Waals surface area contributed by atoms with Crippen LogP contribution in [-0.4, -0.2) is 25.0 Å². The summed E-state index contributed by atoms with van der Waals surface area (Å²) in [5.74, 6) is -0.760. The van der Waals surface area contributed by atoms with Crippen LogP contribution >= 0.6 is 0 Å². The van der Waals surface area contributed by atoms with Crippen LogP contribution in [0.4, 0.5) is 0 Å². The summed E-state index contributed by atoms with van der Waals surface area (Å²) >= 11 is 0. The zero-order valence-corrected chi connectivity index (χ0v) is 13.5. The Labute approximate surface area is 136 Å². The van der Waals surface area contributed by atoms with Gasteiger partial charge in [-0.2, -0.15) is 0 Å². The number of rotatable bonds is 6. The summed E-state index contributed by atoms with van der Waals surface area (Å²) < 4.78 is 5.08. The molecule has 2 aromatic rings. The minimum Gasteiger partial charge on any atom is -0.452 e. The summed E-state index contributed by atoms with van der Waals surface area (Å²) in [6, 6.07) is 15.5. The van der Waals surface area contributed by atoms with Gasteiger partial charge in [0.15, 0.2) is 6.61 Å². The summed E-state index contributed by atoms with van der Waals surface area (Å²) in [6.45, 7) is 4.01. The predicted molar refractivity (Wildman–Crippen MR) is 89.4 cm³/mol. The smallest absolute Gasteiger partial charge is 0.338 e. The number of benzene rings is 2. The molecule has 0 aliphatic heterocycles. The number of ether oxygens (including phenoxy) is 1. The van der Waals surface area contributed by atoms with E-state index in [9.17, 15) is 9.59 Å². The molecule has 2 rings (SSSR count). The Hall–Kier alpha value is -2.62. The van der Waals surface area contributed by atoms with Crippen LogP contribution in [0.3, 0.4) is 0 Å². The van der Waals surface area contributed by atoms with Crippen molar-refractivity contribution in [1.29, 1.82) is 0 Å². The molecule has 0 spiro atoms. The van der Waals surface area contributed by atoms with Gasteiger partial charge in [0.2, 0.25) is 0 Å². The van der Waals surface area contributed by atoms with E-state index in [2.05, 4.69) is 5.32 Å². The van der Waals surface area contributed by atoms with Crippen LogP contribution in [0, 0.1) is 13.8 Å². The highest BCUT2D eigenvalue weighted by Crippen LogP contribution is 2.11. The fraction of sp³-hybridized carbons (Fsp3) is 0.263. The first-order valence-electron chi connectivity index (χ1n) is 7.61. The van der Waals surface area contributed by atoms with Crippen LogP contribution in [-0.2, 0) is 16.0 Å². The zero-order chi connectivity index (χ0) is 16.7. The van der Waals surface area contributed by atoms with E-state index in [-0.39, 0.29) is 12.5 Å². The zero-order valence-electron chi connectivity index (χ0n) is 13.5. The Morgan fingerprint density at radius 3 is 2.52 bits per heavy atom. The molecule has 0 saturated carbocycles. The summed E-state index contributed by atoms with van der Waals surface area (Å²) in [7, 11) is 0. The lowest BCUT2D eigenvalue weighted by molar-refractivity contribution is -0.124. The summed E-state index contributed by atoms with van der Waals surface area (Å²) in [4.78, 5) is 23.7. The minimum atomic E-state index is -0.468. The molecule has 0 saturated heterocycles. The molecule has 4 heteroatoms. The number of esters is 1. The molecule has 0 aliphatic rings. The van der Waals surface area contributed by atoms with Gasteiger partial charge in [0.25, 0.3) is 5.91 Å². The number of carbonyl (C=O) groups excluding carboxylic acids is 2. The van der Waals surface area contributed by atoms with Gasteiger partial charge in [-0.25, -0.2) is 4.79 Å². The largest absolute Gasteiger partial charge is 0.452 e. The first-order chi connectivity index (χ1) is 11.1. The van der Waals surface area contributed by atoms with Gasteiger partial charge in [0.1, 0.15) is 0 Å². The fourth-order valence-corrected chi connectivity index (χ4v) is 2.21. The third kappa shape index (κ3) is 5.25. The molecule has 0 radical (unpaired) electrons. The van der Waals surface area contributed by atoms with E-state index in [0.717, 1.165) is 23.1 Å². The van der Waals surface area contributed by atoms with Crippen molar-refractivity contribution in [2.24, 2.45) is 0 Å². The van der Waals surface area contributed by atoms with Crippen LogP contribution in [0.25, 0.3) is 0 Å². The Kier molecular flexibility index (Phi) is 5.92. The highest BCUT2D eigenvalue weighted by atomic mass is 16.5. The third-order valence-electron chi connectivity index (χ3n) is 3.53. The highest BCUT2D eigenvalue weighted by molar-refractivity contribution is 5.92. The van der Waals surface area contributed by atoms with E-state index in [1.54, 1.807) is 6.07 Å². The fourth-order valence-electron chi connectivity index (χ4n) is 2.21. The summed E-state index contributed by atoms with van der Waals surface area (Å²) in [6.07, 6.45) is 0.748. The molecular formula is C19H21NO3. The van der Waals surface area contributed by atoms with Gasteiger partial charge in [-0.05, 0) is 37.5 Å². The maximum absolute atomic E-state index is 12.0. The van der Waals surface area contributed by atoms with Crippen molar-refractivity contribution in [3.8, 4) is 0 Å². The van der Waals surface area contributed by atoms with Gasteiger partial charge in [0.05, 0.1) is 5.56 Å². The highest BCUT2D eigenvalue weighted by Gasteiger charge is 2.12. The molecule has 0 aliphatic carbocycles. The predicted octanol–water partition coefficient (Wildman–Crippen LogP) is 2.82. The van der Waals surface area contributed by atoms with E-state index in [1.165, 1.54) is 0 Å². The van der Waals surface area contributed by atoms with Gasteiger partial charge in [-0.3, -0.25) is 4.79 Å². The molecular weight excluding hydrogens is 290 g/mol. The van der Waals surface area contributed by atoms with Crippen LogP contribution < -0.4 is 5.32 Å². The molecule has 120 valence electrons. The van der Waals surface area contributed by atoms with Crippen LogP contribution in [0.2, 0.25) is 0 Å². The number of hydrogen-bond donors (Lipinski definition) is 1. The molecule has 23 heavy (non-hydrogen) atoms. The molecule has 4 nitrogen and oxygen atoms in total. The molecule has 0 heterocycles. The number of nitrogens with one attached hydrogen (secondary N) is 1. The lowest BCUT2D eigenvalue weighted by atomic mass is 10.1. The van der Waals surface area contributed by atoms with E-state index in [4.69, 9.17) is 4.74 Å². The topological polar surface area (TPSA) is 55.4 Å². The van der Waals surface area contributed by atoms with E-state index in [1.807, 2.05) is 56.3 Å². The van der Waals surface area contributed by atoms with Crippen molar-refractivity contribution < 1.29 is 14.3 Å². The Bertz CT molecular complexity index is 680. The number of carbonyl (C=O) groups is 2. The number of hydrogen-bond acceptors (Lipinski definition) is 3. The van der Waals surface area contributed by atoms with Gasteiger partial charge < -0.3 is 10.1 Å². The third-order valence-corrected chi connectivity index (χ3v) is 3.53. The lowest BCUT2D eigenvalue weighted by Gasteiger charge is -2.09. The quantitative estimate of drug-likeness (QED) is 0.835. The summed E-state index contributed by atoms with van der Waals surface area (Å²) in [5, 5.41) is 2.75. The van der Waals surface area contributed by atoms with Crippen molar-refractivity contribution in [3.05, 3.63) is 70.8 Å². The Balaban J connectivity index is 1.75. The van der Waals surface area contributed by atoms with E-state index >= 15 is 0 Å². The first kappa shape index (κ1) is 16.7. The normalized spacial score (nSPS) is 10.2. The number of amides is 1. The van der Waals surface area contributed by atoms with Crippen LogP contribution in [0.15, 0.2) is 48.5 Å². The average molecular weight is 311 g/mol. The average Bonchev–Trinajstić information content (AvgIpc) is 2.56. The van der Waals surface area contributed by atoms with Crippen molar-refractivity contribution in [3.63, 3.8) is 0 Å². The standard InChI is InChI=1S/C19H21NO3/c1-14-8-9-15(2)17(12-14)19(22)23-13-18(21)20-11-10-16-6-4-3-5-7-16/h3-9,12H,10-11,13H2,1-2H3,(H,20,21). The molecule has 0 unspecified atom stereocenters. The lowest BCUT2D eigenvalue weighted by Crippen LogP contribution is -2.30. The van der Waals surface area contributed by atoms with E-state index in [0.29, 0.717) is 12.1 Å². The second-order valence-electron chi connectivity index (χ2n) is 5.48. The van der Waals surface area contributed by atoms with E-state index < -0.39 is 5.97 Å². The van der Waals surface area contributed by atoms with Crippen LogP contribution in [0.5, 0.6) is 0 Å². The Morgan fingerprint density at radius 1 is 1.04 bits per heavy atom. The van der Waals surface area contributed by atoms with Gasteiger partial charge in [-0.1, -0.05) is 48.0 Å². The SMILES string of the molecule is Cc1ccc(C)c(C(=O)OCC(=O)NCCc2ccccc2)c1. The van der Waals surface area contributed by atoms with Crippen molar-refractivity contribution in [1.82, 2.24) is 5.32 Å². The first-order valence-corrected chi connectivity index (χ1v) is 7.61. The van der Waals surface area contributed by atoms with Crippen LogP contribution in [0.1, 0.15) is 27.0 Å². The maximum atomic E-state index is 12.0. The molecule has 0 fully saturated rings. The Morgan fingerprint density at radius 2 is 1.78 bits per heavy atom. The second-order valence-corrected chi connectivity index (χ2v) is 5.48.